The molecule has 218 valence electrons. The molecule has 5 rings (SSSR count). The lowest BCUT2D eigenvalue weighted by atomic mass is 9.80. The largest absolute Gasteiger partial charge is 0.495 e. The van der Waals surface area contributed by atoms with Crippen molar-refractivity contribution in [1.82, 2.24) is 29.4 Å². The number of rotatable bonds is 7. The number of anilines is 2. The lowest BCUT2D eigenvalue weighted by Crippen LogP contribution is -2.37. The highest BCUT2D eigenvalue weighted by Gasteiger charge is 2.38. The van der Waals surface area contributed by atoms with E-state index in [4.69, 9.17) is 19.6 Å². The van der Waals surface area contributed by atoms with Crippen LogP contribution in [0.4, 0.5) is 24.8 Å². The molecule has 0 amide bonds. The van der Waals surface area contributed by atoms with E-state index in [0.717, 1.165) is 54.8 Å². The molecular weight excluding hydrogens is 555 g/mol. The highest BCUT2D eigenvalue weighted by molar-refractivity contribution is 7.88. The lowest BCUT2D eigenvalue weighted by Gasteiger charge is -2.35. The molecule has 0 radical (unpaired) electrons. The van der Waals surface area contributed by atoms with Gasteiger partial charge in [-0.05, 0) is 55.5 Å². The van der Waals surface area contributed by atoms with Crippen molar-refractivity contribution in [2.45, 2.75) is 38.0 Å². The van der Waals surface area contributed by atoms with Gasteiger partial charge in [-0.3, -0.25) is 0 Å². The number of fused-ring (bicyclic) bond motifs is 2. The zero-order valence-corrected chi connectivity index (χ0v) is 22.9. The number of aliphatic carboxylic acids is 1. The van der Waals surface area contributed by atoms with Crippen molar-refractivity contribution in [3.8, 4) is 5.75 Å². The van der Waals surface area contributed by atoms with E-state index in [1.807, 2.05) is 4.68 Å². The average Bonchev–Trinajstić information content (AvgIpc) is 3.24. The van der Waals surface area contributed by atoms with Crippen molar-refractivity contribution in [2.75, 3.05) is 38.8 Å². The van der Waals surface area contributed by atoms with E-state index >= 15 is 0 Å². The van der Waals surface area contributed by atoms with Crippen molar-refractivity contribution in [1.29, 1.82) is 0 Å². The molecule has 1 aliphatic heterocycles. The monoisotopic (exact) mass is 585 g/mol. The van der Waals surface area contributed by atoms with Gasteiger partial charge in [0.2, 0.25) is 16.0 Å². The predicted molar refractivity (Wildman–Crippen MR) is 140 cm³/mol. The molecule has 0 unspecified atom stereocenters. The number of carboxylic acid groups (broad SMARTS) is 1. The third-order valence-corrected chi connectivity index (χ3v) is 7.43. The van der Waals surface area contributed by atoms with Crippen LogP contribution < -0.4 is 14.8 Å². The molecule has 0 bridgehead atoms. The Labute approximate surface area is 228 Å². The smallest absolute Gasteiger partial charge is 0.490 e. The molecular formula is C24H30F3N7O5S. The molecule has 1 aliphatic carbocycles. The van der Waals surface area contributed by atoms with Crippen LogP contribution in [0.2, 0.25) is 0 Å². The fourth-order valence-corrected chi connectivity index (χ4v) is 5.15. The van der Waals surface area contributed by atoms with Crippen molar-refractivity contribution < 1.29 is 36.2 Å². The van der Waals surface area contributed by atoms with Crippen molar-refractivity contribution in [3.05, 3.63) is 35.7 Å². The number of likely N-dealkylation sites (N-methyl/N-ethyl adjacent to an activating group) is 1. The number of carboxylic acids is 1. The molecule has 40 heavy (non-hydrogen) atoms. The van der Waals surface area contributed by atoms with Crippen LogP contribution in [0.3, 0.4) is 0 Å². The Kier molecular flexibility index (Phi) is 8.51. The van der Waals surface area contributed by atoms with Crippen LogP contribution in [0, 0.1) is 5.92 Å². The number of aromatic nitrogens is 4. The van der Waals surface area contributed by atoms with E-state index in [0.29, 0.717) is 18.4 Å². The van der Waals surface area contributed by atoms with Gasteiger partial charge >= 0.3 is 12.1 Å². The average molecular weight is 586 g/mol. The number of carbonyl (C=O) groups is 1. The standard InChI is InChI=1S/C22H29N7O3S.C2HF3O2/c1-28-5-4-15-9-20(32-2)19(8-16(15)13-28)26-22-23-11-17-12-24-29(21(17)27-22)18-6-14(7-18)10-25-33(3,30)31;3-2(4,5)1(6)7/h8-9,11-12,14,18,25H,4-7,10,13H2,1-3H3,(H,23,26,27);(H,6,7). The predicted octanol–water partition coefficient (Wildman–Crippen LogP) is 2.70. The van der Waals surface area contributed by atoms with Crippen LogP contribution in [-0.4, -0.2) is 83.8 Å². The maximum atomic E-state index is 11.3. The fourth-order valence-electron chi connectivity index (χ4n) is 4.61. The van der Waals surface area contributed by atoms with Crippen molar-refractivity contribution >= 4 is 38.7 Å². The first kappa shape index (κ1) is 29.5. The Hall–Kier alpha value is -3.50. The highest BCUT2D eigenvalue weighted by atomic mass is 32.2. The van der Waals surface area contributed by atoms with Gasteiger partial charge < -0.3 is 20.1 Å². The number of ether oxygens (including phenoxy) is 1. The fraction of sp³-hybridized carbons (Fsp3) is 0.500. The number of nitrogens with zero attached hydrogens (tertiary/aromatic N) is 5. The van der Waals surface area contributed by atoms with Gasteiger partial charge in [-0.15, -0.1) is 0 Å². The van der Waals surface area contributed by atoms with Gasteiger partial charge in [0.15, 0.2) is 5.65 Å². The second-order valence-corrected chi connectivity index (χ2v) is 11.7. The van der Waals surface area contributed by atoms with Crippen LogP contribution in [0.25, 0.3) is 11.0 Å². The van der Waals surface area contributed by atoms with Gasteiger partial charge in [-0.25, -0.2) is 27.6 Å². The summed E-state index contributed by atoms with van der Waals surface area (Å²) in [6.45, 7) is 2.40. The third-order valence-electron chi connectivity index (χ3n) is 6.74. The minimum atomic E-state index is -5.08. The molecule has 0 atom stereocenters. The van der Waals surface area contributed by atoms with Crippen LogP contribution in [0.5, 0.6) is 5.75 Å². The lowest BCUT2D eigenvalue weighted by molar-refractivity contribution is -0.192. The molecule has 0 saturated heterocycles. The number of methoxy groups -OCH3 is 1. The Morgan fingerprint density at radius 2 is 1.93 bits per heavy atom. The van der Waals surface area contributed by atoms with Gasteiger partial charge in [0.25, 0.3) is 0 Å². The Balaban J connectivity index is 0.000000470. The van der Waals surface area contributed by atoms with Crippen LogP contribution in [-0.2, 0) is 27.8 Å². The molecule has 16 heteroatoms. The number of alkyl halides is 3. The summed E-state index contributed by atoms with van der Waals surface area (Å²) < 4.78 is 64.5. The molecule has 1 aromatic carbocycles. The molecule has 3 heterocycles. The Bertz CT molecular complexity index is 1490. The van der Waals surface area contributed by atoms with Crippen LogP contribution >= 0.6 is 0 Å². The van der Waals surface area contributed by atoms with Crippen LogP contribution in [0.15, 0.2) is 24.5 Å². The second kappa shape index (κ2) is 11.5. The Morgan fingerprint density at radius 3 is 2.55 bits per heavy atom. The van der Waals surface area contributed by atoms with E-state index in [2.05, 4.69) is 44.2 Å². The summed E-state index contributed by atoms with van der Waals surface area (Å²) in [4.78, 5) is 20.4. The number of nitrogens with one attached hydrogen (secondary N) is 2. The van der Waals surface area contributed by atoms with Gasteiger partial charge in [-0.2, -0.15) is 23.3 Å². The summed E-state index contributed by atoms with van der Waals surface area (Å²) >= 11 is 0. The normalized spacial score (nSPS) is 19.2. The van der Waals surface area contributed by atoms with Crippen molar-refractivity contribution in [3.63, 3.8) is 0 Å². The summed E-state index contributed by atoms with van der Waals surface area (Å²) in [7, 11) is 0.633. The van der Waals surface area contributed by atoms with E-state index in [9.17, 15) is 21.6 Å². The topological polar surface area (TPSA) is 152 Å². The molecule has 2 aliphatic rings. The Morgan fingerprint density at radius 1 is 1.23 bits per heavy atom. The molecule has 12 nitrogen and oxygen atoms in total. The summed E-state index contributed by atoms with van der Waals surface area (Å²) in [5, 5.41) is 15.9. The molecule has 1 fully saturated rings. The van der Waals surface area contributed by atoms with E-state index in [-0.39, 0.29) is 6.04 Å². The highest BCUT2D eigenvalue weighted by Crippen LogP contribution is 2.39. The maximum absolute atomic E-state index is 11.3. The summed E-state index contributed by atoms with van der Waals surface area (Å²) in [5.74, 6) is -1.19. The summed E-state index contributed by atoms with van der Waals surface area (Å²) in [5.41, 5.74) is 4.20. The molecule has 2 aromatic heterocycles. The number of halogens is 3. The summed E-state index contributed by atoms with van der Waals surface area (Å²) in [6.07, 6.45) is 2.37. The quantitative estimate of drug-likeness (QED) is 0.378. The van der Waals surface area contributed by atoms with Crippen LogP contribution in [0.1, 0.15) is 30.0 Å². The zero-order chi connectivity index (χ0) is 29.2. The number of hydrogen-bond acceptors (Lipinski definition) is 9. The van der Waals surface area contributed by atoms with E-state index < -0.39 is 22.2 Å². The zero-order valence-electron chi connectivity index (χ0n) is 22.1. The maximum Gasteiger partial charge on any atom is 0.490 e. The SMILES string of the molecule is COc1cc2c(cc1Nc1ncc3cnn(C4CC(CNS(C)(=O)=O)C4)c3n1)CN(C)CC2.O=C(O)C(F)(F)F. The van der Waals surface area contributed by atoms with E-state index in [1.165, 1.54) is 17.4 Å². The molecule has 3 aromatic rings. The number of hydrogen-bond donors (Lipinski definition) is 3. The second-order valence-electron chi connectivity index (χ2n) is 9.91. The molecule has 3 N–H and O–H groups in total. The molecule has 1 saturated carbocycles. The minimum absolute atomic E-state index is 0.199. The third kappa shape index (κ3) is 7.17. The molecule has 0 spiro atoms. The van der Waals surface area contributed by atoms with Gasteiger partial charge in [0.1, 0.15) is 5.75 Å². The summed E-state index contributed by atoms with van der Waals surface area (Å²) in [6, 6.07) is 4.43. The first-order chi connectivity index (χ1) is 18.7. The van der Waals surface area contributed by atoms with Gasteiger partial charge in [0.05, 0.1) is 36.7 Å². The van der Waals surface area contributed by atoms with Gasteiger partial charge in [0, 0.05) is 25.8 Å². The first-order valence-electron chi connectivity index (χ1n) is 12.3. The number of sulfonamides is 1. The number of benzene rings is 1. The first-order valence-corrected chi connectivity index (χ1v) is 14.2. The minimum Gasteiger partial charge on any atom is -0.495 e. The van der Waals surface area contributed by atoms with Gasteiger partial charge in [-0.1, -0.05) is 0 Å². The van der Waals surface area contributed by atoms with E-state index in [1.54, 1.807) is 19.5 Å². The van der Waals surface area contributed by atoms with Crippen molar-refractivity contribution in [2.24, 2.45) is 5.92 Å².